The maximum absolute atomic E-state index is 12.4. The smallest absolute Gasteiger partial charge is 0.349 e. The zero-order valence-corrected chi connectivity index (χ0v) is 13.9. The minimum absolute atomic E-state index is 0.187. The first-order chi connectivity index (χ1) is 10.7. The Morgan fingerprint density at radius 1 is 1.48 bits per heavy atom. The van der Waals surface area contributed by atoms with Crippen molar-refractivity contribution >= 4 is 27.7 Å². The van der Waals surface area contributed by atoms with E-state index in [1.807, 2.05) is 24.3 Å². The Morgan fingerprint density at radius 2 is 2.17 bits per heavy atom. The van der Waals surface area contributed by atoms with Crippen molar-refractivity contribution in [3.63, 3.8) is 0 Å². The van der Waals surface area contributed by atoms with Gasteiger partial charge in [0.2, 0.25) is 11.8 Å². The summed E-state index contributed by atoms with van der Waals surface area (Å²) in [6, 6.07) is 7.06. The third kappa shape index (κ3) is 4.95. The minimum Gasteiger partial charge on any atom is -0.349 e. The molecule has 23 heavy (non-hydrogen) atoms. The second-order valence-electron chi connectivity index (χ2n) is 5.58. The molecule has 0 bridgehead atoms. The van der Waals surface area contributed by atoms with Gasteiger partial charge in [0.25, 0.3) is 0 Å². The second-order valence-corrected chi connectivity index (χ2v) is 6.49. The molecule has 1 heterocycles. The number of hydrogen-bond acceptors (Lipinski definition) is 2. The molecule has 126 valence electrons. The van der Waals surface area contributed by atoms with Gasteiger partial charge in [0, 0.05) is 17.4 Å². The number of alkyl halides is 3. The summed E-state index contributed by atoms with van der Waals surface area (Å²) in [6.07, 6.45) is -4.64. The number of nitrogens with zero attached hydrogens (tertiary/aromatic N) is 1. The van der Waals surface area contributed by atoms with Crippen LogP contribution in [-0.4, -0.2) is 36.0 Å². The molecule has 1 aromatic carbocycles. The molecule has 0 aliphatic carbocycles. The van der Waals surface area contributed by atoms with E-state index in [2.05, 4.69) is 21.2 Å². The van der Waals surface area contributed by atoms with Crippen molar-refractivity contribution in [3.8, 4) is 0 Å². The minimum atomic E-state index is -4.45. The number of carbonyl (C=O) groups is 2. The van der Waals surface area contributed by atoms with Gasteiger partial charge in [-0.2, -0.15) is 13.2 Å². The van der Waals surface area contributed by atoms with Crippen molar-refractivity contribution in [2.24, 2.45) is 5.92 Å². The molecule has 1 fully saturated rings. The number of benzene rings is 1. The number of likely N-dealkylation sites (tertiary alicyclic amines) is 1. The third-order valence-electron chi connectivity index (χ3n) is 3.66. The highest BCUT2D eigenvalue weighted by atomic mass is 79.9. The van der Waals surface area contributed by atoms with E-state index >= 15 is 0 Å². The summed E-state index contributed by atoms with van der Waals surface area (Å²) >= 11 is 3.34. The molecule has 1 saturated heterocycles. The first kappa shape index (κ1) is 17.8. The molecule has 2 amide bonds. The van der Waals surface area contributed by atoms with Crippen LogP contribution in [0.4, 0.5) is 13.2 Å². The van der Waals surface area contributed by atoms with Crippen LogP contribution in [0, 0.1) is 5.92 Å². The monoisotopic (exact) mass is 392 g/mol. The normalized spacial score (nSPS) is 19.8. The number of hydrogen-bond donors (Lipinski definition) is 1. The lowest BCUT2D eigenvalue weighted by Gasteiger charge is -2.19. The highest BCUT2D eigenvalue weighted by Crippen LogP contribution is 2.25. The molecule has 1 N–H and O–H groups in total. The molecule has 0 aromatic heterocycles. The van der Waals surface area contributed by atoms with Crippen LogP contribution in [0.3, 0.4) is 0 Å². The summed E-state index contributed by atoms with van der Waals surface area (Å²) in [5.74, 6) is -1.80. The first-order valence-corrected chi connectivity index (χ1v) is 7.85. The Morgan fingerprint density at radius 3 is 2.78 bits per heavy atom. The lowest BCUT2D eigenvalue weighted by Crippen LogP contribution is -2.37. The SMILES string of the molecule is C[C@@H](NC(=O)[C@@H]1CC(=O)N(CC(F)(F)F)C1)c1cccc(Br)c1. The van der Waals surface area contributed by atoms with Crippen LogP contribution < -0.4 is 5.32 Å². The van der Waals surface area contributed by atoms with E-state index in [9.17, 15) is 22.8 Å². The predicted octanol–water partition coefficient (Wildman–Crippen LogP) is 3.04. The molecule has 1 aliphatic heterocycles. The Balaban J connectivity index is 1.95. The van der Waals surface area contributed by atoms with Crippen LogP contribution in [0.1, 0.15) is 24.9 Å². The number of carbonyl (C=O) groups excluding carboxylic acids is 2. The van der Waals surface area contributed by atoms with Crippen molar-refractivity contribution in [1.29, 1.82) is 0 Å². The predicted molar refractivity (Wildman–Crippen MR) is 81.4 cm³/mol. The topological polar surface area (TPSA) is 49.4 Å². The number of rotatable bonds is 4. The van der Waals surface area contributed by atoms with E-state index in [0.717, 1.165) is 10.0 Å². The van der Waals surface area contributed by atoms with Gasteiger partial charge in [-0.3, -0.25) is 9.59 Å². The Kier molecular flexibility index (Phi) is 5.33. The fourth-order valence-corrected chi connectivity index (χ4v) is 2.92. The van der Waals surface area contributed by atoms with Crippen LogP contribution >= 0.6 is 15.9 Å². The van der Waals surface area contributed by atoms with E-state index in [-0.39, 0.29) is 19.0 Å². The van der Waals surface area contributed by atoms with E-state index in [4.69, 9.17) is 0 Å². The molecule has 0 unspecified atom stereocenters. The van der Waals surface area contributed by atoms with Crippen molar-refractivity contribution in [1.82, 2.24) is 10.2 Å². The summed E-state index contributed by atoms with van der Waals surface area (Å²) in [7, 11) is 0. The van der Waals surface area contributed by atoms with Gasteiger partial charge in [-0.05, 0) is 24.6 Å². The molecule has 4 nitrogen and oxygen atoms in total. The lowest BCUT2D eigenvalue weighted by molar-refractivity contribution is -0.157. The number of halogens is 4. The molecule has 1 aliphatic rings. The van der Waals surface area contributed by atoms with Gasteiger partial charge in [0.15, 0.2) is 0 Å². The van der Waals surface area contributed by atoms with Gasteiger partial charge >= 0.3 is 6.18 Å². The zero-order chi connectivity index (χ0) is 17.2. The lowest BCUT2D eigenvalue weighted by atomic mass is 10.1. The van der Waals surface area contributed by atoms with Crippen molar-refractivity contribution < 1.29 is 22.8 Å². The second kappa shape index (κ2) is 6.90. The van der Waals surface area contributed by atoms with Gasteiger partial charge < -0.3 is 10.2 Å². The summed E-state index contributed by atoms with van der Waals surface area (Å²) in [4.78, 5) is 24.5. The molecule has 0 radical (unpaired) electrons. The van der Waals surface area contributed by atoms with Crippen molar-refractivity contribution in [2.45, 2.75) is 25.6 Å². The van der Waals surface area contributed by atoms with Gasteiger partial charge in [-0.25, -0.2) is 0 Å². The van der Waals surface area contributed by atoms with Crippen LogP contribution in [0.2, 0.25) is 0 Å². The molecule has 2 atom stereocenters. The maximum Gasteiger partial charge on any atom is 0.406 e. The highest BCUT2D eigenvalue weighted by molar-refractivity contribution is 9.10. The van der Waals surface area contributed by atoms with Crippen LogP contribution in [0.25, 0.3) is 0 Å². The highest BCUT2D eigenvalue weighted by Gasteiger charge is 2.40. The summed E-state index contributed by atoms with van der Waals surface area (Å²) in [5, 5.41) is 2.75. The first-order valence-electron chi connectivity index (χ1n) is 7.06. The Hall–Kier alpha value is -1.57. The van der Waals surface area contributed by atoms with Crippen molar-refractivity contribution in [2.75, 3.05) is 13.1 Å². The standard InChI is InChI=1S/C15H16BrF3N2O2/c1-9(10-3-2-4-12(16)5-10)20-14(23)11-6-13(22)21(7-11)8-15(17,18)19/h2-5,9,11H,6-8H2,1H3,(H,20,23)/t9-,11-/m1/s1. The van der Waals surface area contributed by atoms with Gasteiger partial charge in [0.1, 0.15) is 6.54 Å². The van der Waals surface area contributed by atoms with Gasteiger partial charge in [0.05, 0.1) is 12.0 Å². The Bertz CT molecular complexity index is 607. The fourth-order valence-electron chi connectivity index (χ4n) is 2.51. The number of nitrogens with one attached hydrogen (secondary N) is 1. The van der Waals surface area contributed by atoms with Crippen molar-refractivity contribution in [3.05, 3.63) is 34.3 Å². The van der Waals surface area contributed by atoms with Gasteiger partial charge in [-0.15, -0.1) is 0 Å². The molecule has 0 spiro atoms. The quantitative estimate of drug-likeness (QED) is 0.855. The van der Waals surface area contributed by atoms with E-state index in [1.54, 1.807) is 6.92 Å². The maximum atomic E-state index is 12.4. The van der Waals surface area contributed by atoms with E-state index < -0.39 is 30.5 Å². The molecular formula is C15H16BrF3N2O2. The van der Waals surface area contributed by atoms with Gasteiger partial charge in [-0.1, -0.05) is 28.1 Å². The third-order valence-corrected chi connectivity index (χ3v) is 4.16. The molecule has 1 aromatic rings. The average Bonchev–Trinajstić information content (AvgIpc) is 2.78. The molecule has 2 rings (SSSR count). The zero-order valence-electron chi connectivity index (χ0n) is 12.4. The van der Waals surface area contributed by atoms with Crippen LogP contribution in [0.5, 0.6) is 0 Å². The molecule has 0 saturated carbocycles. The fraction of sp³-hybridized carbons (Fsp3) is 0.467. The summed E-state index contributed by atoms with van der Waals surface area (Å²) < 4.78 is 38.0. The van der Waals surface area contributed by atoms with E-state index in [0.29, 0.717) is 4.90 Å². The van der Waals surface area contributed by atoms with Crippen LogP contribution in [-0.2, 0) is 9.59 Å². The van der Waals surface area contributed by atoms with E-state index in [1.165, 1.54) is 0 Å². The summed E-state index contributed by atoms with van der Waals surface area (Å²) in [5.41, 5.74) is 0.865. The summed E-state index contributed by atoms with van der Waals surface area (Å²) in [6.45, 7) is 0.274. The largest absolute Gasteiger partial charge is 0.406 e. The molecular weight excluding hydrogens is 377 g/mol. The number of amides is 2. The average molecular weight is 393 g/mol. The Labute approximate surface area is 140 Å². The molecule has 8 heteroatoms. The van der Waals surface area contributed by atoms with Crippen LogP contribution in [0.15, 0.2) is 28.7 Å².